The van der Waals surface area contributed by atoms with E-state index in [1.807, 2.05) is 24.4 Å². The highest BCUT2D eigenvalue weighted by Crippen LogP contribution is 2.16. The van der Waals surface area contributed by atoms with Gasteiger partial charge in [-0.25, -0.2) is 4.98 Å². The van der Waals surface area contributed by atoms with Crippen LogP contribution in [0.3, 0.4) is 0 Å². The number of nitrogen functional groups attached to an aromatic ring is 1. The summed E-state index contributed by atoms with van der Waals surface area (Å²) in [5.41, 5.74) is 7.94. The van der Waals surface area contributed by atoms with E-state index >= 15 is 0 Å². The van der Waals surface area contributed by atoms with Gasteiger partial charge in [-0.05, 0) is 43.2 Å². The van der Waals surface area contributed by atoms with Crippen molar-refractivity contribution in [1.29, 1.82) is 0 Å². The lowest BCUT2D eigenvalue weighted by molar-refractivity contribution is 0.195. The molecule has 2 heterocycles. The molecule has 1 aromatic carbocycles. The van der Waals surface area contributed by atoms with E-state index in [1.54, 1.807) is 0 Å². The molecule has 0 saturated carbocycles. The van der Waals surface area contributed by atoms with Gasteiger partial charge in [-0.15, -0.1) is 0 Å². The Morgan fingerprint density at radius 3 is 2.41 bits per heavy atom. The lowest BCUT2D eigenvalue weighted by atomic mass is 10.0. The molecule has 4 heteroatoms. The maximum Gasteiger partial charge on any atom is 0.128 e. The second-order valence-electron chi connectivity index (χ2n) is 6.01. The highest BCUT2D eigenvalue weighted by molar-refractivity contribution is 5.40. The van der Waals surface area contributed by atoms with E-state index in [1.165, 1.54) is 5.56 Å². The minimum atomic E-state index is 0.550. The van der Waals surface area contributed by atoms with Gasteiger partial charge < -0.3 is 10.6 Å². The van der Waals surface area contributed by atoms with Crippen LogP contribution in [0.4, 0.5) is 11.5 Å². The third-order valence-corrected chi connectivity index (χ3v) is 4.42. The number of anilines is 2. The molecule has 22 heavy (non-hydrogen) atoms. The molecule has 1 aromatic heterocycles. The van der Waals surface area contributed by atoms with Gasteiger partial charge in [0.05, 0.1) is 0 Å². The van der Waals surface area contributed by atoms with Crippen molar-refractivity contribution in [2.24, 2.45) is 0 Å². The largest absolute Gasteiger partial charge is 0.399 e. The summed E-state index contributed by atoms with van der Waals surface area (Å²) in [4.78, 5) is 9.38. The minimum Gasteiger partial charge on any atom is -0.399 e. The van der Waals surface area contributed by atoms with Gasteiger partial charge in [0.15, 0.2) is 0 Å². The number of hydrogen-bond donors (Lipinski definition) is 1. The number of pyridine rings is 1. The van der Waals surface area contributed by atoms with Crippen LogP contribution in [0.25, 0.3) is 0 Å². The molecule has 116 valence electrons. The molecule has 2 aromatic rings. The van der Waals surface area contributed by atoms with E-state index in [0.717, 1.165) is 44.1 Å². The summed E-state index contributed by atoms with van der Waals surface area (Å²) in [5, 5.41) is 0. The van der Waals surface area contributed by atoms with Crippen LogP contribution >= 0.6 is 0 Å². The molecule has 0 spiro atoms. The Labute approximate surface area is 132 Å². The highest BCUT2D eigenvalue weighted by atomic mass is 15.3. The monoisotopic (exact) mass is 296 g/mol. The van der Waals surface area contributed by atoms with Gasteiger partial charge in [-0.3, -0.25) is 4.90 Å². The summed E-state index contributed by atoms with van der Waals surface area (Å²) >= 11 is 0. The lowest BCUT2D eigenvalue weighted by Crippen LogP contribution is -2.50. The van der Waals surface area contributed by atoms with Crippen molar-refractivity contribution in [2.75, 3.05) is 36.8 Å². The molecule has 1 unspecified atom stereocenters. The number of benzene rings is 1. The third kappa shape index (κ3) is 3.57. The van der Waals surface area contributed by atoms with Gasteiger partial charge in [0, 0.05) is 44.1 Å². The molecule has 3 rings (SSSR count). The number of hydrogen-bond acceptors (Lipinski definition) is 4. The predicted molar refractivity (Wildman–Crippen MR) is 92.0 cm³/mol. The van der Waals surface area contributed by atoms with Gasteiger partial charge in [0.2, 0.25) is 0 Å². The maximum atomic E-state index is 5.75. The molecular weight excluding hydrogens is 272 g/mol. The molecule has 1 aliphatic heterocycles. The van der Waals surface area contributed by atoms with Crippen molar-refractivity contribution in [2.45, 2.75) is 19.4 Å². The maximum absolute atomic E-state index is 5.75. The fraction of sp³-hybridized carbons (Fsp3) is 0.389. The number of rotatable bonds is 4. The van der Waals surface area contributed by atoms with Gasteiger partial charge in [-0.1, -0.05) is 18.2 Å². The van der Waals surface area contributed by atoms with Crippen molar-refractivity contribution >= 4 is 11.5 Å². The Bertz CT molecular complexity index is 574. The van der Waals surface area contributed by atoms with E-state index in [2.05, 4.69) is 46.0 Å². The summed E-state index contributed by atoms with van der Waals surface area (Å²) in [5.74, 6) is 1.09. The zero-order chi connectivity index (χ0) is 15.4. The number of piperazine rings is 1. The molecule has 1 atom stereocenters. The van der Waals surface area contributed by atoms with Crippen LogP contribution < -0.4 is 10.6 Å². The summed E-state index contributed by atoms with van der Waals surface area (Å²) in [7, 11) is 0. The van der Waals surface area contributed by atoms with Gasteiger partial charge in [-0.2, -0.15) is 0 Å². The van der Waals surface area contributed by atoms with E-state index in [0.29, 0.717) is 6.04 Å². The Morgan fingerprint density at radius 1 is 1.05 bits per heavy atom. The van der Waals surface area contributed by atoms with Crippen molar-refractivity contribution in [3.63, 3.8) is 0 Å². The number of nitrogens with two attached hydrogens (primary N) is 1. The average molecular weight is 296 g/mol. The summed E-state index contributed by atoms with van der Waals surface area (Å²) in [6, 6.07) is 14.9. The first kappa shape index (κ1) is 14.9. The van der Waals surface area contributed by atoms with Crippen LogP contribution in [0.1, 0.15) is 12.5 Å². The molecule has 0 bridgehead atoms. The molecule has 0 radical (unpaired) electrons. The molecule has 2 N–H and O–H groups in total. The van der Waals surface area contributed by atoms with Crippen LogP contribution in [0.2, 0.25) is 0 Å². The van der Waals surface area contributed by atoms with Gasteiger partial charge in [0.1, 0.15) is 5.82 Å². The molecule has 1 saturated heterocycles. The molecule has 4 nitrogen and oxygen atoms in total. The van der Waals surface area contributed by atoms with Crippen molar-refractivity contribution in [3.8, 4) is 0 Å². The Balaban J connectivity index is 1.53. The first-order valence-electron chi connectivity index (χ1n) is 7.97. The van der Waals surface area contributed by atoms with E-state index in [-0.39, 0.29) is 0 Å². The van der Waals surface area contributed by atoms with E-state index in [9.17, 15) is 0 Å². The summed E-state index contributed by atoms with van der Waals surface area (Å²) in [6.07, 6.45) is 2.94. The van der Waals surface area contributed by atoms with Crippen molar-refractivity contribution in [3.05, 3.63) is 54.2 Å². The second kappa shape index (κ2) is 6.79. The van der Waals surface area contributed by atoms with E-state index in [4.69, 9.17) is 5.73 Å². The second-order valence-corrected chi connectivity index (χ2v) is 6.01. The topological polar surface area (TPSA) is 45.4 Å². The fourth-order valence-corrected chi connectivity index (χ4v) is 3.06. The fourth-order valence-electron chi connectivity index (χ4n) is 3.06. The average Bonchev–Trinajstić information content (AvgIpc) is 2.58. The Hall–Kier alpha value is -2.07. The van der Waals surface area contributed by atoms with Crippen LogP contribution in [0.15, 0.2) is 48.7 Å². The van der Waals surface area contributed by atoms with E-state index < -0.39 is 0 Å². The predicted octanol–water partition coefficient (Wildman–Crippen LogP) is 2.42. The lowest BCUT2D eigenvalue weighted by Gasteiger charge is -2.38. The zero-order valence-electron chi connectivity index (χ0n) is 13.2. The van der Waals surface area contributed by atoms with Crippen molar-refractivity contribution in [1.82, 2.24) is 9.88 Å². The first-order valence-corrected chi connectivity index (χ1v) is 7.97. The molecule has 1 fully saturated rings. The molecule has 0 aliphatic carbocycles. The summed E-state index contributed by atoms with van der Waals surface area (Å²) < 4.78 is 0. The standard InChI is InChI=1S/C18H24N4/c1-15(14-16-5-7-17(19)8-6-16)21-10-12-22(13-11-21)18-4-2-3-9-20-18/h2-9,15H,10-14,19H2,1H3. The normalized spacial score (nSPS) is 17.4. The molecule has 1 aliphatic rings. The number of aromatic nitrogens is 1. The van der Waals surface area contributed by atoms with Crippen LogP contribution in [-0.4, -0.2) is 42.1 Å². The Kier molecular flexibility index (Phi) is 4.59. The SMILES string of the molecule is CC(Cc1ccc(N)cc1)N1CCN(c2ccccn2)CC1. The smallest absolute Gasteiger partial charge is 0.128 e. The van der Waals surface area contributed by atoms with Crippen molar-refractivity contribution < 1.29 is 0 Å². The molecule has 0 amide bonds. The third-order valence-electron chi connectivity index (χ3n) is 4.42. The van der Waals surface area contributed by atoms with Gasteiger partial charge >= 0.3 is 0 Å². The van der Waals surface area contributed by atoms with Crippen LogP contribution in [0, 0.1) is 0 Å². The Morgan fingerprint density at radius 2 is 1.77 bits per heavy atom. The quantitative estimate of drug-likeness (QED) is 0.880. The highest BCUT2D eigenvalue weighted by Gasteiger charge is 2.21. The zero-order valence-corrected chi connectivity index (χ0v) is 13.2. The minimum absolute atomic E-state index is 0.550. The summed E-state index contributed by atoms with van der Waals surface area (Å²) in [6.45, 7) is 6.58. The van der Waals surface area contributed by atoms with Crippen LogP contribution in [0.5, 0.6) is 0 Å². The number of nitrogens with zero attached hydrogens (tertiary/aromatic N) is 3. The first-order chi connectivity index (χ1) is 10.7. The van der Waals surface area contributed by atoms with Crippen LogP contribution in [-0.2, 0) is 6.42 Å². The molecular formula is C18H24N4. The van der Waals surface area contributed by atoms with Gasteiger partial charge in [0.25, 0.3) is 0 Å².